The minimum absolute atomic E-state index is 0.0467. The van der Waals surface area contributed by atoms with Gasteiger partial charge in [0.1, 0.15) is 0 Å². The molecule has 1 aromatic carbocycles. The number of nitrogens with zero attached hydrogens (tertiary/aromatic N) is 1. The maximum absolute atomic E-state index is 12.0. The first kappa shape index (κ1) is 14.0. The van der Waals surface area contributed by atoms with Gasteiger partial charge in [0, 0.05) is 24.8 Å². The predicted octanol–water partition coefficient (Wildman–Crippen LogP) is 0.540. The molecule has 0 atom stereocenters. The molecule has 0 aromatic heterocycles. The van der Waals surface area contributed by atoms with Crippen LogP contribution in [0, 0.1) is 0 Å². The van der Waals surface area contributed by atoms with Gasteiger partial charge in [0.15, 0.2) is 0 Å². The van der Waals surface area contributed by atoms with Crippen molar-refractivity contribution < 1.29 is 9.90 Å². The second-order valence-corrected chi connectivity index (χ2v) is 4.88. The molecule has 1 amide bonds. The lowest BCUT2D eigenvalue weighted by atomic mass is 10.2. The van der Waals surface area contributed by atoms with Crippen molar-refractivity contribution in [1.82, 2.24) is 4.90 Å². The number of rotatable bonds is 7. The van der Waals surface area contributed by atoms with E-state index in [0.717, 1.165) is 24.1 Å². The van der Waals surface area contributed by atoms with Crippen molar-refractivity contribution in [3.05, 3.63) is 29.8 Å². The van der Waals surface area contributed by atoms with Gasteiger partial charge in [0.25, 0.3) is 0 Å². The number of benzene rings is 1. The van der Waals surface area contributed by atoms with Gasteiger partial charge in [-0.3, -0.25) is 9.69 Å². The third kappa shape index (κ3) is 4.31. The zero-order valence-electron chi connectivity index (χ0n) is 11.0. The quantitative estimate of drug-likeness (QED) is 0.671. The Labute approximate surface area is 113 Å². The normalized spacial score (nSPS) is 14.7. The molecule has 0 spiro atoms. The molecule has 1 saturated carbocycles. The number of anilines is 1. The molecule has 0 heterocycles. The summed E-state index contributed by atoms with van der Waals surface area (Å²) in [7, 11) is 0. The van der Waals surface area contributed by atoms with Gasteiger partial charge in [-0.05, 0) is 30.5 Å². The summed E-state index contributed by atoms with van der Waals surface area (Å²) in [4.78, 5) is 14.0. The Bertz CT molecular complexity index is 432. The molecular weight excluding hydrogens is 242 g/mol. The van der Waals surface area contributed by atoms with Crippen LogP contribution in [0.2, 0.25) is 0 Å². The molecule has 1 aliphatic carbocycles. The molecule has 0 saturated heterocycles. The number of carbonyl (C=O) groups excluding carboxylic acids is 1. The van der Waals surface area contributed by atoms with E-state index in [2.05, 4.69) is 5.32 Å². The van der Waals surface area contributed by atoms with Crippen molar-refractivity contribution in [2.24, 2.45) is 5.73 Å². The Morgan fingerprint density at radius 3 is 2.89 bits per heavy atom. The molecule has 0 unspecified atom stereocenters. The number of nitrogens with two attached hydrogens (primary N) is 1. The van der Waals surface area contributed by atoms with E-state index in [0.29, 0.717) is 25.7 Å². The van der Waals surface area contributed by atoms with Crippen LogP contribution in [0.4, 0.5) is 5.69 Å². The Hall–Kier alpha value is -1.43. The summed E-state index contributed by atoms with van der Waals surface area (Å²) >= 11 is 0. The van der Waals surface area contributed by atoms with Crippen molar-refractivity contribution in [1.29, 1.82) is 0 Å². The summed E-state index contributed by atoms with van der Waals surface area (Å²) in [5.41, 5.74) is 7.33. The van der Waals surface area contributed by atoms with E-state index in [4.69, 9.17) is 10.8 Å². The first-order valence-electron chi connectivity index (χ1n) is 6.66. The smallest absolute Gasteiger partial charge is 0.238 e. The van der Waals surface area contributed by atoms with E-state index >= 15 is 0 Å². The van der Waals surface area contributed by atoms with Gasteiger partial charge in [-0.2, -0.15) is 0 Å². The van der Waals surface area contributed by atoms with Crippen LogP contribution >= 0.6 is 0 Å². The lowest BCUT2D eigenvalue weighted by Gasteiger charge is -2.20. The van der Waals surface area contributed by atoms with Crippen LogP contribution in [-0.4, -0.2) is 41.7 Å². The summed E-state index contributed by atoms with van der Waals surface area (Å²) in [5, 5.41) is 11.9. The molecule has 1 aromatic rings. The van der Waals surface area contributed by atoms with Crippen LogP contribution in [0.3, 0.4) is 0 Å². The molecule has 5 nitrogen and oxygen atoms in total. The van der Waals surface area contributed by atoms with Crippen LogP contribution in [0.1, 0.15) is 18.4 Å². The van der Waals surface area contributed by atoms with E-state index < -0.39 is 0 Å². The van der Waals surface area contributed by atoms with E-state index in [9.17, 15) is 4.79 Å². The molecule has 0 bridgehead atoms. The lowest BCUT2D eigenvalue weighted by Crippen LogP contribution is -2.36. The summed E-state index contributed by atoms with van der Waals surface area (Å²) in [6, 6.07) is 8.01. The number of aliphatic hydroxyl groups excluding tert-OH is 1. The third-order valence-corrected chi connectivity index (χ3v) is 3.24. The number of amides is 1. The molecule has 19 heavy (non-hydrogen) atoms. The Kier molecular flexibility index (Phi) is 4.90. The highest BCUT2D eigenvalue weighted by atomic mass is 16.3. The van der Waals surface area contributed by atoms with Crippen LogP contribution < -0.4 is 11.1 Å². The number of hydrogen-bond donors (Lipinski definition) is 3. The van der Waals surface area contributed by atoms with E-state index in [1.165, 1.54) is 0 Å². The summed E-state index contributed by atoms with van der Waals surface area (Å²) < 4.78 is 0. The van der Waals surface area contributed by atoms with Crippen molar-refractivity contribution in [2.75, 3.05) is 25.0 Å². The number of nitrogens with one attached hydrogen (secondary N) is 1. The molecule has 0 aliphatic heterocycles. The lowest BCUT2D eigenvalue weighted by molar-refractivity contribution is -0.117. The summed E-state index contributed by atoms with van der Waals surface area (Å²) in [5.74, 6) is -0.0467. The zero-order chi connectivity index (χ0) is 13.7. The molecule has 1 aliphatic rings. The Morgan fingerprint density at radius 2 is 2.26 bits per heavy atom. The van der Waals surface area contributed by atoms with Gasteiger partial charge >= 0.3 is 0 Å². The highest BCUT2D eigenvalue weighted by molar-refractivity contribution is 5.92. The van der Waals surface area contributed by atoms with Crippen LogP contribution in [0.15, 0.2) is 24.3 Å². The third-order valence-electron chi connectivity index (χ3n) is 3.24. The van der Waals surface area contributed by atoms with Gasteiger partial charge in [0.2, 0.25) is 5.91 Å². The molecule has 4 N–H and O–H groups in total. The fraction of sp³-hybridized carbons (Fsp3) is 0.500. The number of hydrogen-bond acceptors (Lipinski definition) is 4. The summed E-state index contributed by atoms with van der Waals surface area (Å²) in [6.07, 6.45) is 2.24. The summed E-state index contributed by atoms with van der Waals surface area (Å²) in [6.45, 7) is 1.44. The monoisotopic (exact) mass is 263 g/mol. The topological polar surface area (TPSA) is 78.6 Å². The zero-order valence-corrected chi connectivity index (χ0v) is 11.0. The second-order valence-electron chi connectivity index (χ2n) is 4.88. The molecule has 1 fully saturated rings. The molecular formula is C14H21N3O2. The fourth-order valence-electron chi connectivity index (χ4n) is 2.12. The van der Waals surface area contributed by atoms with Gasteiger partial charge < -0.3 is 16.2 Å². The second kappa shape index (κ2) is 6.65. The van der Waals surface area contributed by atoms with Crippen molar-refractivity contribution >= 4 is 11.6 Å². The van der Waals surface area contributed by atoms with Crippen LogP contribution in [0.25, 0.3) is 0 Å². The maximum atomic E-state index is 12.0. The van der Waals surface area contributed by atoms with E-state index in [1.807, 2.05) is 29.2 Å². The highest BCUT2D eigenvalue weighted by Crippen LogP contribution is 2.26. The largest absolute Gasteiger partial charge is 0.395 e. The SMILES string of the molecule is NCc1cccc(NC(=O)CN(CCO)C2CC2)c1. The van der Waals surface area contributed by atoms with E-state index in [-0.39, 0.29) is 12.5 Å². The molecule has 5 heteroatoms. The predicted molar refractivity (Wildman–Crippen MR) is 74.6 cm³/mol. The fourth-order valence-corrected chi connectivity index (χ4v) is 2.12. The van der Waals surface area contributed by atoms with Crippen molar-refractivity contribution in [3.8, 4) is 0 Å². The highest BCUT2D eigenvalue weighted by Gasteiger charge is 2.29. The average Bonchev–Trinajstić information content (AvgIpc) is 3.22. The van der Waals surface area contributed by atoms with E-state index in [1.54, 1.807) is 0 Å². The van der Waals surface area contributed by atoms with Crippen LogP contribution in [-0.2, 0) is 11.3 Å². The molecule has 0 radical (unpaired) electrons. The van der Waals surface area contributed by atoms with Crippen molar-refractivity contribution in [3.63, 3.8) is 0 Å². The van der Waals surface area contributed by atoms with Gasteiger partial charge in [0.05, 0.1) is 13.2 Å². The average molecular weight is 263 g/mol. The Morgan fingerprint density at radius 1 is 1.47 bits per heavy atom. The standard InChI is InChI=1S/C14H21N3O2/c15-9-11-2-1-3-12(8-11)16-14(19)10-17(6-7-18)13-4-5-13/h1-3,8,13,18H,4-7,9-10,15H2,(H,16,19). The minimum atomic E-state index is -0.0467. The first-order valence-corrected chi connectivity index (χ1v) is 6.66. The molecule has 104 valence electrons. The van der Waals surface area contributed by atoms with Gasteiger partial charge in [-0.25, -0.2) is 0 Å². The van der Waals surface area contributed by atoms with Crippen LogP contribution in [0.5, 0.6) is 0 Å². The van der Waals surface area contributed by atoms with Gasteiger partial charge in [-0.15, -0.1) is 0 Å². The number of aliphatic hydroxyl groups is 1. The molecule has 2 rings (SSSR count). The van der Waals surface area contributed by atoms with Crippen molar-refractivity contribution in [2.45, 2.75) is 25.4 Å². The minimum Gasteiger partial charge on any atom is -0.395 e. The Balaban J connectivity index is 1.88. The maximum Gasteiger partial charge on any atom is 0.238 e. The number of carbonyl (C=O) groups is 1. The van der Waals surface area contributed by atoms with Gasteiger partial charge in [-0.1, -0.05) is 12.1 Å². The first-order chi connectivity index (χ1) is 9.22.